The Hall–Kier alpha value is -1.05. The number of nitrogens with two attached hydrogens (primary N) is 1. The number of thiocarbonyl (C=S) groups is 1. The summed E-state index contributed by atoms with van der Waals surface area (Å²) in [5.74, 6) is -0.544. The predicted molar refractivity (Wildman–Crippen MR) is 74.7 cm³/mol. The van der Waals surface area contributed by atoms with Gasteiger partial charge in [-0.15, -0.1) is 0 Å². The van der Waals surface area contributed by atoms with Crippen molar-refractivity contribution >= 4 is 27.2 Å². The van der Waals surface area contributed by atoms with E-state index in [1.165, 1.54) is 16.4 Å². The highest BCUT2D eigenvalue weighted by molar-refractivity contribution is 7.89. The first-order valence-corrected chi connectivity index (χ1v) is 7.81. The highest BCUT2D eigenvalue weighted by atomic mass is 32.2. The first-order chi connectivity index (χ1) is 8.91. The van der Waals surface area contributed by atoms with Gasteiger partial charge in [0.2, 0.25) is 10.0 Å². The number of hydrogen-bond acceptors (Lipinski definition) is 3. The molecule has 1 aliphatic heterocycles. The van der Waals surface area contributed by atoms with E-state index >= 15 is 0 Å². The number of piperidine rings is 1. The molecule has 0 aliphatic carbocycles. The summed E-state index contributed by atoms with van der Waals surface area (Å²) < 4.78 is 39.0. The van der Waals surface area contributed by atoms with E-state index < -0.39 is 15.8 Å². The lowest BCUT2D eigenvalue weighted by Gasteiger charge is -2.31. The lowest BCUT2D eigenvalue weighted by molar-refractivity contribution is 0.312. The molecule has 1 unspecified atom stereocenters. The fourth-order valence-corrected chi connectivity index (χ4v) is 3.86. The molecule has 4 nitrogen and oxygen atoms in total. The zero-order valence-corrected chi connectivity index (χ0v) is 11.9. The molecule has 104 valence electrons. The standard InChI is InChI=1S/C12H15FN2O2S2/c13-10-3-5-11(6-4-10)19(16,17)15-7-1-2-9(8-15)12(14)18/h3-6,9H,1-2,7-8H2,(H2,14,18). The van der Waals surface area contributed by atoms with Gasteiger partial charge in [0.1, 0.15) is 5.82 Å². The molecule has 1 aliphatic rings. The van der Waals surface area contributed by atoms with Crippen LogP contribution in [0.1, 0.15) is 12.8 Å². The third kappa shape index (κ3) is 3.10. The van der Waals surface area contributed by atoms with Crippen molar-refractivity contribution in [2.45, 2.75) is 17.7 Å². The number of nitrogens with zero attached hydrogens (tertiary/aromatic N) is 1. The Bertz CT molecular complexity index is 572. The summed E-state index contributed by atoms with van der Waals surface area (Å²) in [7, 11) is -3.59. The van der Waals surface area contributed by atoms with Crippen LogP contribution in [0.4, 0.5) is 4.39 Å². The Morgan fingerprint density at radius 1 is 1.37 bits per heavy atom. The summed E-state index contributed by atoms with van der Waals surface area (Å²) in [6.45, 7) is 0.744. The number of sulfonamides is 1. The minimum atomic E-state index is -3.59. The van der Waals surface area contributed by atoms with Gasteiger partial charge in [0.25, 0.3) is 0 Å². The fraction of sp³-hybridized carbons (Fsp3) is 0.417. The molecule has 1 fully saturated rings. The molecule has 1 aromatic carbocycles. The second kappa shape index (κ2) is 5.52. The molecule has 1 atom stereocenters. The van der Waals surface area contributed by atoms with Gasteiger partial charge in [-0.2, -0.15) is 4.31 Å². The van der Waals surface area contributed by atoms with E-state index in [1.807, 2.05) is 0 Å². The lowest BCUT2D eigenvalue weighted by atomic mass is 10.0. The molecule has 0 amide bonds. The number of rotatable bonds is 3. The molecule has 2 rings (SSSR count). The molecule has 1 heterocycles. The topological polar surface area (TPSA) is 63.4 Å². The average Bonchev–Trinajstić information content (AvgIpc) is 2.39. The van der Waals surface area contributed by atoms with Crippen molar-refractivity contribution in [3.63, 3.8) is 0 Å². The highest BCUT2D eigenvalue weighted by Gasteiger charge is 2.31. The third-order valence-electron chi connectivity index (χ3n) is 3.24. The van der Waals surface area contributed by atoms with Gasteiger partial charge < -0.3 is 5.73 Å². The van der Waals surface area contributed by atoms with Crippen LogP contribution in [0.2, 0.25) is 0 Å². The van der Waals surface area contributed by atoms with Crippen molar-refractivity contribution in [1.29, 1.82) is 0 Å². The molecule has 0 radical (unpaired) electrons. The number of hydrogen-bond donors (Lipinski definition) is 1. The van der Waals surface area contributed by atoms with Crippen molar-refractivity contribution in [2.75, 3.05) is 13.1 Å². The van der Waals surface area contributed by atoms with Gasteiger partial charge >= 0.3 is 0 Å². The van der Waals surface area contributed by atoms with E-state index in [1.54, 1.807) is 0 Å². The van der Waals surface area contributed by atoms with E-state index in [0.717, 1.165) is 25.0 Å². The molecule has 1 aromatic rings. The monoisotopic (exact) mass is 302 g/mol. The van der Waals surface area contributed by atoms with Crippen LogP contribution in [0.25, 0.3) is 0 Å². The molecule has 0 spiro atoms. The first-order valence-electron chi connectivity index (χ1n) is 5.96. The fourth-order valence-electron chi connectivity index (χ4n) is 2.15. The van der Waals surface area contributed by atoms with Gasteiger partial charge in [-0.05, 0) is 37.1 Å². The zero-order chi connectivity index (χ0) is 14.0. The van der Waals surface area contributed by atoms with Crippen LogP contribution in [-0.2, 0) is 10.0 Å². The van der Waals surface area contributed by atoms with E-state index in [0.29, 0.717) is 18.1 Å². The summed E-state index contributed by atoms with van der Waals surface area (Å²) in [4.78, 5) is 0.441. The Morgan fingerprint density at radius 2 is 2.00 bits per heavy atom. The normalized spacial score (nSPS) is 21.2. The summed E-state index contributed by atoms with van der Waals surface area (Å²) >= 11 is 4.93. The van der Waals surface area contributed by atoms with Crippen LogP contribution in [0.15, 0.2) is 29.2 Å². The molecular formula is C12H15FN2O2S2. The van der Waals surface area contributed by atoms with E-state index in [4.69, 9.17) is 18.0 Å². The van der Waals surface area contributed by atoms with Crippen molar-refractivity contribution in [1.82, 2.24) is 4.31 Å². The SMILES string of the molecule is NC(=S)C1CCCN(S(=O)(=O)c2ccc(F)cc2)C1. The van der Waals surface area contributed by atoms with Gasteiger partial charge in [-0.1, -0.05) is 12.2 Å². The van der Waals surface area contributed by atoms with Gasteiger partial charge in [0, 0.05) is 19.0 Å². The van der Waals surface area contributed by atoms with Gasteiger partial charge in [0.05, 0.1) is 9.88 Å². The van der Waals surface area contributed by atoms with Crippen molar-refractivity contribution in [3.8, 4) is 0 Å². The molecule has 1 saturated heterocycles. The molecule has 7 heteroatoms. The van der Waals surface area contributed by atoms with Crippen molar-refractivity contribution < 1.29 is 12.8 Å². The maximum Gasteiger partial charge on any atom is 0.243 e. The van der Waals surface area contributed by atoms with Crippen LogP contribution in [0, 0.1) is 11.7 Å². The van der Waals surface area contributed by atoms with Crippen LogP contribution in [0.3, 0.4) is 0 Å². The van der Waals surface area contributed by atoms with Crippen LogP contribution in [-0.4, -0.2) is 30.8 Å². The third-order valence-corrected chi connectivity index (χ3v) is 5.45. The second-order valence-corrected chi connectivity index (χ2v) is 6.97. The quantitative estimate of drug-likeness (QED) is 0.860. The van der Waals surface area contributed by atoms with E-state index in [-0.39, 0.29) is 10.8 Å². The Morgan fingerprint density at radius 3 is 2.58 bits per heavy atom. The number of halogens is 1. The zero-order valence-electron chi connectivity index (χ0n) is 10.3. The predicted octanol–water partition coefficient (Wildman–Crippen LogP) is 1.51. The van der Waals surface area contributed by atoms with Crippen molar-refractivity contribution in [2.24, 2.45) is 11.7 Å². The molecular weight excluding hydrogens is 287 g/mol. The summed E-state index contributed by atoms with van der Waals surface area (Å²) in [6.07, 6.45) is 1.53. The summed E-state index contributed by atoms with van der Waals surface area (Å²) in [6, 6.07) is 4.83. The molecule has 0 aromatic heterocycles. The van der Waals surface area contributed by atoms with E-state index in [2.05, 4.69) is 0 Å². The maximum atomic E-state index is 12.8. The van der Waals surface area contributed by atoms with Gasteiger partial charge in [0.15, 0.2) is 0 Å². The Balaban J connectivity index is 2.24. The number of benzene rings is 1. The molecule has 0 bridgehead atoms. The van der Waals surface area contributed by atoms with Crippen LogP contribution in [0.5, 0.6) is 0 Å². The molecule has 2 N–H and O–H groups in total. The average molecular weight is 302 g/mol. The summed E-state index contributed by atoms with van der Waals surface area (Å²) in [5, 5.41) is 0. The Labute approximate surface area is 117 Å². The molecule has 0 saturated carbocycles. The highest BCUT2D eigenvalue weighted by Crippen LogP contribution is 2.24. The van der Waals surface area contributed by atoms with Gasteiger partial charge in [-0.25, -0.2) is 12.8 Å². The van der Waals surface area contributed by atoms with Crippen LogP contribution >= 0.6 is 12.2 Å². The minimum absolute atomic E-state index is 0.0843. The van der Waals surface area contributed by atoms with E-state index in [9.17, 15) is 12.8 Å². The largest absolute Gasteiger partial charge is 0.393 e. The van der Waals surface area contributed by atoms with Crippen LogP contribution < -0.4 is 5.73 Å². The first kappa shape index (κ1) is 14.4. The smallest absolute Gasteiger partial charge is 0.243 e. The second-order valence-electron chi connectivity index (χ2n) is 4.56. The Kier molecular flexibility index (Phi) is 4.17. The van der Waals surface area contributed by atoms with Crippen molar-refractivity contribution in [3.05, 3.63) is 30.1 Å². The summed E-state index contributed by atoms with van der Waals surface area (Å²) in [5.41, 5.74) is 5.59. The lowest BCUT2D eigenvalue weighted by Crippen LogP contribution is -2.43. The minimum Gasteiger partial charge on any atom is -0.393 e. The maximum absolute atomic E-state index is 12.8. The molecule has 19 heavy (non-hydrogen) atoms. The van der Waals surface area contributed by atoms with Gasteiger partial charge in [-0.3, -0.25) is 0 Å².